The third-order valence-corrected chi connectivity index (χ3v) is 19.5. The van der Waals surface area contributed by atoms with Crippen molar-refractivity contribution in [3.8, 4) is 35.0 Å². The summed E-state index contributed by atoms with van der Waals surface area (Å²) < 4.78 is 19.1. The number of anilines is 1. The molecule has 6 fully saturated rings. The first-order chi connectivity index (χ1) is 35.0. The van der Waals surface area contributed by atoms with Gasteiger partial charge in [-0.05, 0) is 186 Å². The first-order valence-corrected chi connectivity index (χ1v) is 28.2. The molecule has 6 aliphatic carbocycles. The molecule has 0 radical (unpaired) electrons. The Morgan fingerprint density at radius 1 is 0.944 bits per heavy atom. The number of aliphatic imine (C=N–C) groups is 1. The van der Waals surface area contributed by atoms with E-state index in [2.05, 4.69) is 58.0 Å². The molecule has 12 atom stereocenters. The van der Waals surface area contributed by atoms with Gasteiger partial charge in [0.25, 0.3) is 0 Å². The predicted octanol–water partition coefficient (Wildman–Crippen LogP) is 10.3. The molecule has 2 bridgehead atoms. The number of nitrogens with one attached hydrogen (secondary N) is 3. The summed E-state index contributed by atoms with van der Waals surface area (Å²) in [5.41, 5.74) is 0.815. The van der Waals surface area contributed by atoms with Crippen LogP contribution in [0.15, 0.2) is 47.5 Å². The first-order valence-electron chi connectivity index (χ1n) is 28.2. The fraction of sp³-hybridized carbons (Fsp3) is 0.700. The van der Waals surface area contributed by atoms with E-state index in [1.54, 1.807) is 20.2 Å². The fourth-order valence-electron chi connectivity index (χ4n) is 16.2. The molecule has 0 unspecified atom stereocenters. The van der Waals surface area contributed by atoms with Crippen LogP contribution in [0.25, 0.3) is 0 Å². The SMILES string of the molecule is CC[C@@H]1CC[C@H]2[C@H](C1)[C@H]1/C=C/C(=O)[C@@]3(Cc4ccc(O)c(OC)c4)CCC[C@@H]3CC#CNC(=NC)Nc3cc(cc(O[C@]4(CNC)CC[C@H](C[C@H](O)OC5CCCCC5)C4)c3O)[C@]13CCC[C@H]3[C@H]2CCCO. The fourth-order valence-corrected chi connectivity index (χ4v) is 16.2. The number of allylic oxidation sites excluding steroid dienone is 2. The quantitative estimate of drug-likeness (QED) is 0.0514. The van der Waals surface area contributed by atoms with E-state index in [0.717, 1.165) is 120 Å². The molecule has 1 aliphatic heterocycles. The smallest absolute Gasteiger partial charge is 0.207 e. The van der Waals surface area contributed by atoms with Gasteiger partial charge in [0, 0.05) is 49.9 Å². The van der Waals surface area contributed by atoms with Crippen LogP contribution < -0.4 is 25.4 Å². The molecule has 0 amide bonds. The third kappa shape index (κ3) is 10.7. The summed E-state index contributed by atoms with van der Waals surface area (Å²) in [7, 11) is 5.22. The van der Waals surface area contributed by atoms with Gasteiger partial charge in [-0.15, -0.1) is 0 Å². The molecular formula is C60H86N4O8. The van der Waals surface area contributed by atoms with Crippen molar-refractivity contribution in [3.05, 3.63) is 53.6 Å². The molecule has 12 heteroatoms. The van der Waals surface area contributed by atoms with Crippen molar-refractivity contribution in [2.75, 3.05) is 39.7 Å². The number of likely N-dealkylation sites (N-methyl/N-ethyl adjacent to an activating group) is 1. The number of ketones is 1. The number of guanidine groups is 1. The highest BCUT2D eigenvalue weighted by molar-refractivity contribution is 5.97. The van der Waals surface area contributed by atoms with Gasteiger partial charge < -0.3 is 45.3 Å². The summed E-state index contributed by atoms with van der Waals surface area (Å²) in [4.78, 5) is 20.3. The number of methoxy groups -OCH3 is 1. The summed E-state index contributed by atoms with van der Waals surface area (Å²) in [6, 6.07) is 13.0. The van der Waals surface area contributed by atoms with Crippen LogP contribution in [0.5, 0.6) is 23.0 Å². The molecular weight excluding hydrogens is 905 g/mol. The van der Waals surface area contributed by atoms with E-state index in [0.29, 0.717) is 79.0 Å². The minimum Gasteiger partial charge on any atom is -0.504 e. The van der Waals surface area contributed by atoms with Gasteiger partial charge in [0.2, 0.25) is 5.96 Å². The zero-order valence-electron chi connectivity index (χ0n) is 43.9. The standard InChI is InChI=1S/C60H86N4O8/c1-5-39-19-21-45-46(17-12-30-65)48-18-10-27-60(48)43-34-50(56(69)53(35-43)72-58(38-61-2)28-25-41(36-58)33-55(68)71-44-15-7-6-8-16-44)64-57(62-3)63-29-11-14-42-13-9-26-59(42,54(67)24-22-49(60)47(45)31-39)37-40-20-23-51(66)52(32-40)70-4/h20,22-24,32,34-35,39,41-42,44-49,55,61,65-66,68-69H,5-10,12-19,21,25-28,30-31,33,36-38H2,1-4H3,(H2,62,63,64)/b24-22+/t39-,41-,42-,45-,46+,47+,48+,49-,55-,58-,59-,60+/m1/s1. The Labute approximate surface area is 429 Å². The number of phenols is 2. The van der Waals surface area contributed by atoms with Crippen LogP contribution in [-0.2, 0) is 21.4 Å². The number of aliphatic hydroxyl groups excluding tert-OH is 2. The predicted molar refractivity (Wildman–Crippen MR) is 283 cm³/mol. The first kappa shape index (κ1) is 52.6. The van der Waals surface area contributed by atoms with Crippen LogP contribution in [0, 0.1) is 64.7 Å². The monoisotopic (exact) mass is 991 g/mol. The lowest BCUT2D eigenvalue weighted by Crippen LogP contribution is -2.55. The van der Waals surface area contributed by atoms with Gasteiger partial charge in [-0.3, -0.25) is 15.1 Å². The molecule has 2 aromatic carbocycles. The third-order valence-electron chi connectivity index (χ3n) is 19.5. The molecule has 7 aliphatic rings. The molecule has 1 heterocycles. The van der Waals surface area contributed by atoms with Gasteiger partial charge in [0.15, 0.2) is 35.1 Å². The molecule has 0 aromatic heterocycles. The highest BCUT2D eigenvalue weighted by Gasteiger charge is 2.61. The van der Waals surface area contributed by atoms with E-state index in [4.69, 9.17) is 14.2 Å². The van der Waals surface area contributed by atoms with Crippen LogP contribution in [-0.4, -0.2) is 84.5 Å². The van der Waals surface area contributed by atoms with Crippen molar-refractivity contribution < 1.29 is 39.4 Å². The Bertz CT molecular complexity index is 2320. The molecule has 1 spiro atoms. The van der Waals surface area contributed by atoms with E-state index in [1.165, 1.54) is 12.8 Å². The second-order valence-corrected chi connectivity index (χ2v) is 23.4. The second-order valence-electron chi connectivity index (χ2n) is 23.4. The number of carbonyl (C=O) groups excluding carboxylic acids is 1. The van der Waals surface area contributed by atoms with Crippen molar-refractivity contribution in [3.63, 3.8) is 0 Å². The van der Waals surface area contributed by atoms with E-state index < -0.39 is 22.7 Å². The molecule has 394 valence electrons. The van der Waals surface area contributed by atoms with Crippen molar-refractivity contribution in [1.82, 2.24) is 10.6 Å². The maximum Gasteiger partial charge on any atom is 0.207 e. The number of aromatic hydroxyl groups is 2. The highest BCUT2D eigenvalue weighted by atomic mass is 16.6. The number of hydrogen-bond donors (Lipinski definition) is 7. The number of nitrogens with zero attached hydrogens (tertiary/aromatic N) is 1. The van der Waals surface area contributed by atoms with Gasteiger partial charge in [-0.1, -0.05) is 69.9 Å². The summed E-state index contributed by atoms with van der Waals surface area (Å²) in [6.07, 6.45) is 25.0. The van der Waals surface area contributed by atoms with Crippen molar-refractivity contribution in [2.24, 2.45) is 57.8 Å². The van der Waals surface area contributed by atoms with Gasteiger partial charge in [0.1, 0.15) is 5.60 Å². The maximum absolute atomic E-state index is 15.7. The van der Waals surface area contributed by atoms with Gasteiger partial charge >= 0.3 is 0 Å². The molecule has 12 nitrogen and oxygen atoms in total. The number of carbonyl (C=O) groups is 1. The van der Waals surface area contributed by atoms with Crippen molar-refractivity contribution in [1.29, 1.82) is 0 Å². The number of rotatable bonds is 15. The summed E-state index contributed by atoms with van der Waals surface area (Å²) in [5.74, 6) is 7.14. The molecule has 6 saturated carbocycles. The molecule has 9 rings (SSSR count). The largest absolute Gasteiger partial charge is 0.504 e. The van der Waals surface area contributed by atoms with Crippen molar-refractivity contribution in [2.45, 2.75) is 178 Å². The normalized spacial score (nSPS) is 35.1. The highest BCUT2D eigenvalue weighted by Crippen LogP contribution is 2.67. The molecule has 7 N–H and O–H groups in total. The van der Waals surface area contributed by atoms with Crippen LogP contribution in [0.1, 0.15) is 159 Å². The Morgan fingerprint density at radius 3 is 2.56 bits per heavy atom. The lowest BCUT2D eigenvalue weighted by molar-refractivity contribution is -0.152. The van der Waals surface area contributed by atoms with Gasteiger partial charge in [-0.25, -0.2) is 0 Å². The Hall–Kier alpha value is -4.28. The van der Waals surface area contributed by atoms with Crippen LogP contribution in [0.2, 0.25) is 0 Å². The van der Waals surface area contributed by atoms with Gasteiger partial charge in [0.05, 0.1) is 18.9 Å². The lowest BCUT2D eigenvalue weighted by Gasteiger charge is -2.59. The Balaban J connectivity index is 1.17. The van der Waals surface area contributed by atoms with Crippen LogP contribution >= 0.6 is 0 Å². The molecule has 0 saturated heterocycles. The number of phenolic OH excluding ortho intramolecular Hbond substituents is 2. The topological polar surface area (TPSA) is 174 Å². The van der Waals surface area contributed by atoms with Crippen LogP contribution in [0.4, 0.5) is 5.69 Å². The Kier molecular flexibility index (Phi) is 16.9. The number of fused-ring (bicyclic) bond motifs is 5. The summed E-state index contributed by atoms with van der Waals surface area (Å²) in [6.45, 7) is 3.06. The average Bonchev–Trinajstić information content (AvgIpc) is 4.13. The summed E-state index contributed by atoms with van der Waals surface area (Å²) in [5, 5.41) is 55.0. The zero-order chi connectivity index (χ0) is 50.5. The van der Waals surface area contributed by atoms with E-state index in [-0.39, 0.29) is 53.7 Å². The van der Waals surface area contributed by atoms with Crippen molar-refractivity contribution >= 4 is 17.4 Å². The van der Waals surface area contributed by atoms with Gasteiger partial charge in [-0.2, -0.15) is 0 Å². The second kappa shape index (κ2) is 23.1. The lowest BCUT2D eigenvalue weighted by atomic mass is 9.45. The van der Waals surface area contributed by atoms with E-state index in [9.17, 15) is 20.4 Å². The number of hydrogen-bond acceptors (Lipinski definition) is 10. The van der Waals surface area contributed by atoms with Crippen LogP contribution in [0.3, 0.4) is 0 Å². The molecule has 2 aromatic rings. The number of benzene rings is 2. The minimum absolute atomic E-state index is 0.00483. The number of aliphatic hydroxyl groups is 2. The van der Waals surface area contributed by atoms with E-state index >= 15 is 4.79 Å². The minimum atomic E-state index is -0.819. The molecule has 72 heavy (non-hydrogen) atoms. The number of ether oxygens (including phenoxy) is 3. The zero-order valence-corrected chi connectivity index (χ0v) is 43.9. The van der Waals surface area contributed by atoms with E-state index in [1.807, 2.05) is 25.3 Å². The summed E-state index contributed by atoms with van der Waals surface area (Å²) >= 11 is 0. The maximum atomic E-state index is 15.7. The Morgan fingerprint density at radius 2 is 1.78 bits per heavy atom. The average molecular weight is 991 g/mol.